The summed E-state index contributed by atoms with van der Waals surface area (Å²) in [5, 5.41) is 11.2. The van der Waals surface area contributed by atoms with Gasteiger partial charge in [-0.05, 0) is 48.9 Å². The summed E-state index contributed by atoms with van der Waals surface area (Å²) in [6.45, 7) is 1.94. The Bertz CT molecular complexity index is 1330. The van der Waals surface area contributed by atoms with E-state index in [1.807, 2.05) is 0 Å². The topological polar surface area (TPSA) is 102 Å². The number of benzene rings is 3. The smallest absolute Gasteiger partial charge is 0.338 e. The minimum absolute atomic E-state index is 0.0621. The summed E-state index contributed by atoms with van der Waals surface area (Å²) in [4.78, 5) is 40.0. The largest absolute Gasteiger partial charge is 0.507 e. The molecule has 0 bridgehead atoms. The second-order valence-corrected chi connectivity index (χ2v) is 7.92. The van der Waals surface area contributed by atoms with Gasteiger partial charge in [0, 0.05) is 11.3 Å². The van der Waals surface area contributed by atoms with Crippen LogP contribution in [0.1, 0.15) is 34.5 Å². The maximum atomic E-state index is 13.3. The first-order chi connectivity index (χ1) is 17.4. The van der Waals surface area contributed by atoms with Gasteiger partial charge in [0.1, 0.15) is 5.76 Å². The Kier molecular flexibility index (Phi) is 7.05. The number of ether oxygens (including phenoxy) is 3. The van der Waals surface area contributed by atoms with Crippen LogP contribution < -0.4 is 14.4 Å². The summed E-state index contributed by atoms with van der Waals surface area (Å²) >= 11 is 0. The number of ketones is 1. The van der Waals surface area contributed by atoms with Gasteiger partial charge in [-0.25, -0.2) is 4.79 Å². The number of hydrogen-bond donors (Lipinski definition) is 1. The van der Waals surface area contributed by atoms with Crippen LogP contribution in [0.15, 0.2) is 78.4 Å². The lowest BCUT2D eigenvalue weighted by molar-refractivity contribution is -0.132. The normalized spacial score (nSPS) is 16.6. The van der Waals surface area contributed by atoms with E-state index in [-0.39, 0.29) is 17.9 Å². The number of rotatable bonds is 7. The van der Waals surface area contributed by atoms with E-state index in [2.05, 4.69) is 0 Å². The highest BCUT2D eigenvalue weighted by Crippen LogP contribution is 2.44. The van der Waals surface area contributed by atoms with Gasteiger partial charge in [-0.3, -0.25) is 14.5 Å². The number of aliphatic hydroxyl groups excluding tert-OH is 1. The number of carbonyl (C=O) groups excluding carboxylic acids is 3. The molecule has 0 radical (unpaired) electrons. The van der Waals surface area contributed by atoms with Crippen LogP contribution in [0.4, 0.5) is 5.69 Å². The van der Waals surface area contributed by atoms with E-state index < -0.39 is 23.7 Å². The summed E-state index contributed by atoms with van der Waals surface area (Å²) in [6, 6.07) is 18.8. The van der Waals surface area contributed by atoms with Crippen LogP contribution in [-0.4, -0.2) is 43.6 Å². The fourth-order valence-electron chi connectivity index (χ4n) is 4.16. The van der Waals surface area contributed by atoms with Crippen molar-refractivity contribution in [2.24, 2.45) is 0 Å². The predicted molar refractivity (Wildman–Crippen MR) is 133 cm³/mol. The zero-order valence-electron chi connectivity index (χ0n) is 20.1. The zero-order valence-corrected chi connectivity index (χ0v) is 20.1. The molecular formula is C28H25NO7. The van der Waals surface area contributed by atoms with Crippen molar-refractivity contribution in [2.75, 3.05) is 25.7 Å². The Morgan fingerprint density at radius 2 is 1.56 bits per heavy atom. The van der Waals surface area contributed by atoms with Crippen LogP contribution >= 0.6 is 0 Å². The molecule has 1 fully saturated rings. The van der Waals surface area contributed by atoms with Gasteiger partial charge in [0.25, 0.3) is 11.7 Å². The highest BCUT2D eigenvalue weighted by Gasteiger charge is 2.47. The Hall–Kier alpha value is -4.59. The quantitative estimate of drug-likeness (QED) is 0.226. The summed E-state index contributed by atoms with van der Waals surface area (Å²) < 4.78 is 15.8. The average molecular weight is 488 g/mol. The van der Waals surface area contributed by atoms with Crippen molar-refractivity contribution in [3.05, 3.63) is 95.1 Å². The molecule has 1 N–H and O–H groups in total. The molecule has 8 nitrogen and oxygen atoms in total. The van der Waals surface area contributed by atoms with E-state index in [4.69, 9.17) is 14.2 Å². The van der Waals surface area contributed by atoms with Crippen molar-refractivity contribution in [2.45, 2.75) is 13.0 Å². The molecule has 1 aliphatic rings. The van der Waals surface area contributed by atoms with E-state index in [0.29, 0.717) is 33.9 Å². The highest BCUT2D eigenvalue weighted by atomic mass is 16.5. The van der Waals surface area contributed by atoms with Crippen LogP contribution in [0, 0.1) is 0 Å². The van der Waals surface area contributed by atoms with Crippen LogP contribution in [0.5, 0.6) is 11.5 Å². The fourth-order valence-corrected chi connectivity index (χ4v) is 4.16. The number of anilines is 1. The van der Waals surface area contributed by atoms with Crippen molar-refractivity contribution in [1.82, 2.24) is 0 Å². The molecule has 1 heterocycles. The van der Waals surface area contributed by atoms with Gasteiger partial charge in [-0.1, -0.05) is 36.4 Å². The van der Waals surface area contributed by atoms with Crippen molar-refractivity contribution < 1.29 is 33.7 Å². The molecule has 0 spiro atoms. The van der Waals surface area contributed by atoms with Gasteiger partial charge < -0.3 is 19.3 Å². The Balaban J connectivity index is 1.89. The van der Waals surface area contributed by atoms with Crippen molar-refractivity contribution in [3.8, 4) is 11.5 Å². The Labute approximate surface area is 208 Å². The Morgan fingerprint density at radius 3 is 2.17 bits per heavy atom. The molecule has 4 rings (SSSR count). The van der Waals surface area contributed by atoms with Crippen LogP contribution in [0.2, 0.25) is 0 Å². The molecule has 0 aromatic heterocycles. The van der Waals surface area contributed by atoms with Crippen molar-refractivity contribution in [3.63, 3.8) is 0 Å². The number of Topliss-reactive ketones (excluding diaryl/α,β-unsaturated/α-hetero) is 1. The van der Waals surface area contributed by atoms with Crippen LogP contribution in [-0.2, 0) is 14.3 Å². The zero-order chi connectivity index (χ0) is 25.8. The van der Waals surface area contributed by atoms with E-state index in [1.54, 1.807) is 67.6 Å². The third-order valence-electron chi connectivity index (χ3n) is 5.87. The van der Waals surface area contributed by atoms with Crippen LogP contribution in [0.3, 0.4) is 0 Å². The lowest BCUT2D eigenvalue weighted by atomic mass is 9.94. The van der Waals surface area contributed by atoms with Gasteiger partial charge in [-0.15, -0.1) is 0 Å². The maximum Gasteiger partial charge on any atom is 0.338 e. The van der Waals surface area contributed by atoms with Gasteiger partial charge in [0.15, 0.2) is 11.5 Å². The number of hydrogen-bond acceptors (Lipinski definition) is 7. The molecule has 0 saturated carbocycles. The molecule has 3 aromatic carbocycles. The summed E-state index contributed by atoms with van der Waals surface area (Å²) in [5.74, 6) is -1.55. The van der Waals surface area contributed by atoms with Gasteiger partial charge in [0.05, 0.1) is 38.0 Å². The first-order valence-electron chi connectivity index (χ1n) is 11.3. The third-order valence-corrected chi connectivity index (χ3v) is 5.87. The van der Waals surface area contributed by atoms with E-state index in [1.165, 1.54) is 31.3 Å². The number of aliphatic hydroxyl groups is 1. The molecule has 1 saturated heterocycles. The summed E-state index contributed by atoms with van der Waals surface area (Å²) in [7, 11) is 2.99. The van der Waals surface area contributed by atoms with Gasteiger partial charge >= 0.3 is 5.97 Å². The molecule has 1 amide bonds. The maximum absolute atomic E-state index is 13.3. The molecule has 1 unspecified atom stereocenters. The average Bonchev–Trinajstić information content (AvgIpc) is 3.18. The third kappa shape index (κ3) is 4.40. The van der Waals surface area contributed by atoms with E-state index in [0.717, 1.165) is 0 Å². The number of esters is 1. The van der Waals surface area contributed by atoms with Crippen LogP contribution in [0.25, 0.3) is 5.76 Å². The minimum atomic E-state index is -0.960. The van der Waals surface area contributed by atoms with Gasteiger partial charge in [0.2, 0.25) is 0 Å². The van der Waals surface area contributed by atoms with E-state index >= 15 is 0 Å². The molecule has 1 aliphatic heterocycles. The minimum Gasteiger partial charge on any atom is -0.507 e. The molecule has 184 valence electrons. The van der Waals surface area contributed by atoms with E-state index in [9.17, 15) is 19.5 Å². The lowest BCUT2D eigenvalue weighted by Crippen LogP contribution is -2.29. The second kappa shape index (κ2) is 10.4. The highest BCUT2D eigenvalue weighted by molar-refractivity contribution is 6.51. The molecule has 36 heavy (non-hydrogen) atoms. The number of nitrogens with zero attached hydrogens (tertiary/aromatic N) is 1. The molecule has 3 aromatic rings. The predicted octanol–water partition coefficient (Wildman–Crippen LogP) is 4.51. The number of carbonyl (C=O) groups is 3. The van der Waals surface area contributed by atoms with Crippen molar-refractivity contribution >= 4 is 29.1 Å². The molecule has 8 heteroatoms. The van der Waals surface area contributed by atoms with Gasteiger partial charge in [-0.2, -0.15) is 0 Å². The molecular weight excluding hydrogens is 462 g/mol. The fraction of sp³-hybridized carbons (Fsp3) is 0.179. The number of amides is 1. The standard InChI is InChI=1S/C28H25NO7/c1-4-36-28(33)18-10-13-20(14-11-18)29-24(19-12-15-21(34-2)22(16-19)35-3)23(26(31)27(29)32)25(30)17-8-6-5-7-9-17/h5-16,24,30H,4H2,1-3H3. The lowest BCUT2D eigenvalue weighted by Gasteiger charge is -2.26. The Morgan fingerprint density at radius 1 is 0.889 bits per heavy atom. The first-order valence-corrected chi connectivity index (χ1v) is 11.3. The monoisotopic (exact) mass is 487 g/mol. The SMILES string of the molecule is CCOC(=O)c1ccc(N2C(=O)C(=O)C(=C(O)c3ccccc3)C2c2ccc(OC)c(OC)c2)cc1. The summed E-state index contributed by atoms with van der Waals surface area (Å²) in [6.07, 6.45) is 0. The first kappa shape index (κ1) is 24.5. The molecule has 1 atom stereocenters. The molecule has 0 aliphatic carbocycles. The van der Waals surface area contributed by atoms with Crippen molar-refractivity contribution in [1.29, 1.82) is 0 Å². The summed E-state index contributed by atoms with van der Waals surface area (Å²) in [5.41, 5.74) is 1.55. The second-order valence-electron chi connectivity index (χ2n) is 7.92. The number of methoxy groups -OCH3 is 2.